The summed E-state index contributed by atoms with van der Waals surface area (Å²) < 4.78 is 22.1. The van der Waals surface area contributed by atoms with E-state index in [1.807, 2.05) is 19.2 Å². The maximum Gasteiger partial charge on any atom is 0.343 e. The van der Waals surface area contributed by atoms with Crippen molar-refractivity contribution in [3.05, 3.63) is 46.5 Å². The molecule has 0 saturated carbocycles. The monoisotopic (exact) mass is 369 g/mol. The minimum absolute atomic E-state index is 0.0744. The molecule has 140 valence electrons. The van der Waals surface area contributed by atoms with Crippen LogP contribution in [0.1, 0.15) is 39.2 Å². The Balaban J connectivity index is 1.64. The first kappa shape index (κ1) is 16.3. The topological polar surface area (TPSA) is 77.5 Å². The van der Waals surface area contributed by atoms with E-state index >= 15 is 0 Å². The van der Waals surface area contributed by atoms with Crippen LogP contribution in [-0.4, -0.2) is 43.5 Å². The zero-order chi connectivity index (χ0) is 18.7. The highest BCUT2D eigenvalue weighted by Crippen LogP contribution is 2.50. The minimum atomic E-state index is -0.494. The number of methoxy groups -OCH3 is 1. The van der Waals surface area contributed by atoms with E-state index in [-0.39, 0.29) is 24.3 Å². The van der Waals surface area contributed by atoms with Crippen LogP contribution in [-0.2, 0) is 11.2 Å². The summed E-state index contributed by atoms with van der Waals surface area (Å²) in [5, 5.41) is 10.0. The molecule has 1 N–H and O–H groups in total. The first-order chi connectivity index (χ1) is 13.1. The van der Waals surface area contributed by atoms with Crippen molar-refractivity contribution in [1.29, 1.82) is 0 Å². The van der Waals surface area contributed by atoms with Crippen molar-refractivity contribution in [3.63, 3.8) is 0 Å². The van der Waals surface area contributed by atoms with Crippen molar-refractivity contribution in [2.24, 2.45) is 0 Å². The number of nitrogens with zero attached hydrogens (tertiary/aromatic N) is 1. The van der Waals surface area contributed by atoms with Crippen molar-refractivity contribution in [2.75, 3.05) is 27.5 Å². The van der Waals surface area contributed by atoms with Gasteiger partial charge in [0.15, 0.2) is 23.0 Å². The Bertz CT molecular complexity index is 956. The van der Waals surface area contributed by atoms with Crippen molar-refractivity contribution < 1.29 is 28.8 Å². The number of cyclic esters (lactones) is 1. The molecule has 0 aliphatic carbocycles. The number of benzene rings is 2. The summed E-state index contributed by atoms with van der Waals surface area (Å²) >= 11 is 0. The molecule has 0 saturated heterocycles. The molecule has 3 heterocycles. The van der Waals surface area contributed by atoms with Gasteiger partial charge in [0.2, 0.25) is 6.79 Å². The number of phenolic OH excluding ortho intramolecular Hbond substituents is 1. The summed E-state index contributed by atoms with van der Waals surface area (Å²) in [5.74, 6) is 1.07. The van der Waals surface area contributed by atoms with Gasteiger partial charge < -0.3 is 24.1 Å². The van der Waals surface area contributed by atoms with E-state index < -0.39 is 12.1 Å². The van der Waals surface area contributed by atoms with Crippen molar-refractivity contribution in [3.8, 4) is 23.0 Å². The van der Waals surface area contributed by atoms with Crippen LogP contribution < -0.4 is 14.2 Å². The Morgan fingerprint density at radius 3 is 2.74 bits per heavy atom. The summed E-state index contributed by atoms with van der Waals surface area (Å²) in [6, 6.07) is 7.12. The first-order valence-corrected chi connectivity index (χ1v) is 8.82. The molecule has 5 rings (SSSR count). The van der Waals surface area contributed by atoms with Gasteiger partial charge >= 0.3 is 5.97 Å². The molecule has 27 heavy (non-hydrogen) atoms. The Hall–Kier alpha value is -2.93. The van der Waals surface area contributed by atoms with Crippen molar-refractivity contribution >= 4 is 5.97 Å². The van der Waals surface area contributed by atoms with E-state index in [1.54, 1.807) is 6.07 Å². The van der Waals surface area contributed by atoms with Crippen LogP contribution in [0.3, 0.4) is 0 Å². The van der Waals surface area contributed by atoms with Crippen LogP contribution in [0.25, 0.3) is 0 Å². The molecule has 0 aromatic heterocycles. The third-order valence-electron chi connectivity index (χ3n) is 5.57. The molecule has 3 aliphatic rings. The second kappa shape index (κ2) is 5.79. The Kier molecular flexibility index (Phi) is 3.48. The second-order valence-electron chi connectivity index (χ2n) is 6.99. The lowest BCUT2D eigenvalue weighted by Gasteiger charge is -2.37. The predicted octanol–water partition coefficient (Wildman–Crippen LogP) is 2.57. The predicted molar refractivity (Wildman–Crippen MR) is 94.5 cm³/mol. The first-order valence-electron chi connectivity index (χ1n) is 8.82. The van der Waals surface area contributed by atoms with E-state index in [2.05, 4.69) is 4.90 Å². The summed E-state index contributed by atoms with van der Waals surface area (Å²) in [4.78, 5) is 14.8. The number of rotatable bonds is 2. The highest BCUT2D eigenvalue weighted by atomic mass is 16.7. The molecule has 2 atom stereocenters. The van der Waals surface area contributed by atoms with Crippen LogP contribution in [0, 0.1) is 0 Å². The van der Waals surface area contributed by atoms with E-state index in [0.29, 0.717) is 11.3 Å². The SMILES string of the molecule is COc1c(O)ccc2c1C(=O)OC2C1c2cc3c(cc2CCN1C)OCO3. The largest absolute Gasteiger partial charge is 0.504 e. The lowest BCUT2D eigenvalue weighted by atomic mass is 9.86. The lowest BCUT2D eigenvalue weighted by molar-refractivity contribution is 0.00935. The van der Waals surface area contributed by atoms with E-state index in [9.17, 15) is 9.90 Å². The van der Waals surface area contributed by atoms with Gasteiger partial charge in [0.1, 0.15) is 11.7 Å². The molecule has 0 fully saturated rings. The van der Waals surface area contributed by atoms with Gasteiger partial charge in [0, 0.05) is 12.1 Å². The quantitative estimate of drug-likeness (QED) is 0.815. The van der Waals surface area contributed by atoms with Gasteiger partial charge in [-0.2, -0.15) is 0 Å². The standard InChI is InChI=1S/C20H19NO6/c1-21-6-5-10-7-14-15(26-9-25-14)8-12(10)17(21)18-11-3-4-13(22)19(24-2)16(11)20(23)27-18/h3-4,7-8,17-18,22H,5-6,9H2,1-2H3. The smallest absolute Gasteiger partial charge is 0.343 e. The molecule has 7 heteroatoms. The normalized spacial score (nSPS) is 23.0. The van der Waals surface area contributed by atoms with Gasteiger partial charge in [0.25, 0.3) is 0 Å². The van der Waals surface area contributed by atoms with Gasteiger partial charge in [-0.15, -0.1) is 0 Å². The van der Waals surface area contributed by atoms with E-state index in [0.717, 1.165) is 35.4 Å². The molecule has 2 unspecified atom stereocenters. The van der Waals surface area contributed by atoms with E-state index in [1.165, 1.54) is 13.2 Å². The highest BCUT2D eigenvalue weighted by Gasteiger charge is 2.44. The average Bonchev–Trinajstić information content (AvgIpc) is 3.24. The number of carbonyl (C=O) groups excluding carboxylic acids is 1. The van der Waals surface area contributed by atoms with Gasteiger partial charge in [-0.3, -0.25) is 4.90 Å². The van der Waals surface area contributed by atoms with Crippen molar-refractivity contribution in [1.82, 2.24) is 4.90 Å². The molecule has 3 aliphatic heterocycles. The molecule has 0 amide bonds. The molecular weight excluding hydrogens is 350 g/mol. The third-order valence-corrected chi connectivity index (χ3v) is 5.57. The molecule has 0 radical (unpaired) electrons. The number of ether oxygens (including phenoxy) is 4. The molecule has 0 bridgehead atoms. The number of hydrogen-bond acceptors (Lipinski definition) is 7. The Morgan fingerprint density at radius 1 is 1.19 bits per heavy atom. The van der Waals surface area contributed by atoms with Crippen LogP contribution in [0.15, 0.2) is 24.3 Å². The van der Waals surface area contributed by atoms with Crippen LogP contribution >= 0.6 is 0 Å². The Morgan fingerprint density at radius 2 is 1.96 bits per heavy atom. The summed E-state index contributed by atoms with van der Waals surface area (Å²) in [6.45, 7) is 1.05. The molecular formula is C20H19NO6. The molecule has 0 spiro atoms. The second-order valence-corrected chi connectivity index (χ2v) is 6.99. The molecule has 7 nitrogen and oxygen atoms in total. The van der Waals surface area contributed by atoms with Gasteiger partial charge in [-0.25, -0.2) is 4.79 Å². The molecule has 2 aromatic carbocycles. The zero-order valence-corrected chi connectivity index (χ0v) is 15.0. The van der Waals surface area contributed by atoms with Crippen LogP contribution in [0.2, 0.25) is 0 Å². The third kappa shape index (κ3) is 2.28. The number of phenols is 1. The lowest BCUT2D eigenvalue weighted by Crippen LogP contribution is -2.36. The summed E-state index contributed by atoms with van der Waals surface area (Å²) in [5.41, 5.74) is 3.24. The average molecular weight is 369 g/mol. The zero-order valence-electron chi connectivity index (χ0n) is 15.0. The fourth-order valence-electron chi connectivity index (χ4n) is 4.27. The summed E-state index contributed by atoms with van der Waals surface area (Å²) in [6.07, 6.45) is 0.386. The number of aromatic hydroxyl groups is 1. The number of hydrogen-bond donors (Lipinski definition) is 1. The maximum absolute atomic E-state index is 12.6. The number of fused-ring (bicyclic) bond motifs is 3. The Labute approximate surface area is 156 Å². The van der Waals surface area contributed by atoms with Crippen molar-refractivity contribution in [2.45, 2.75) is 18.6 Å². The number of carbonyl (C=O) groups is 1. The highest BCUT2D eigenvalue weighted by molar-refractivity contribution is 5.98. The van der Waals surface area contributed by atoms with Crippen LogP contribution in [0.5, 0.6) is 23.0 Å². The van der Waals surface area contributed by atoms with Gasteiger partial charge in [0.05, 0.1) is 13.2 Å². The summed E-state index contributed by atoms with van der Waals surface area (Å²) in [7, 11) is 3.44. The van der Waals surface area contributed by atoms with Crippen LogP contribution in [0.4, 0.5) is 0 Å². The fraction of sp³-hybridized carbons (Fsp3) is 0.350. The number of likely N-dealkylation sites (N-methyl/N-ethyl adjacent to an activating group) is 1. The van der Waals surface area contributed by atoms with Gasteiger partial charge in [-0.05, 0) is 42.8 Å². The number of esters is 1. The van der Waals surface area contributed by atoms with E-state index in [4.69, 9.17) is 18.9 Å². The van der Waals surface area contributed by atoms with Gasteiger partial charge in [-0.1, -0.05) is 6.07 Å². The maximum atomic E-state index is 12.6. The fourth-order valence-corrected chi connectivity index (χ4v) is 4.27. The molecule has 2 aromatic rings. The minimum Gasteiger partial charge on any atom is -0.504 e.